The molecular formula is C31H57F2N5O2. The summed E-state index contributed by atoms with van der Waals surface area (Å²) >= 11 is 0. The van der Waals surface area contributed by atoms with E-state index in [1.807, 2.05) is 7.05 Å². The van der Waals surface area contributed by atoms with Gasteiger partial charge in [0.05, 0.1) is 19.1 Å². The first-order chi connectivity index (χ1) is 18.6. The standard InChI is InChI=1S/C8H13F2N.C8H15N.C7H12N2O.C7H13NO.CH4/c1-11-4-6-2-8(9,10)3-7(6)5-11;1-9-5-7-3-2-4-8(7)6-9;1-9-3-5-2-8-7(10)6(5)4-9;1-8-2-6-4-9-5-7(6)3-8;/h6-7H,2-5H2,1H3;7-8H,2-6H2,1H3;5-6H,2-4H2,1H3,(H,8,10);6-7H,2-5H2,1H3;1H4/t6-,7+;;;6-,7+;. The van der Waals surface area contributed by atoms with E-state index < -0.39 is 5.92 Å². The van der Waals surface area contributed by atoms with Crippen molar-refractivity contribution >= 4 is 5.91 Å². The fourth-order valence-electron chi connectivity index (χ4n) is 8.83. The number of halogens is 2. The van der Waals surface area contributed by atoms with Crippen LogP contribution in [0, 0.1) is 47.3 Å². The van der Waals surface area contributed by atoms with Gasteiger partial charge in [0.2, 0.25) is 11.8 Å². The molecule has 8 rings (SSSR count). The largest absolute Gasteiger partial charge is 0.381 e. The third kappa shape index (κ3) is 7.94. The second-order valence-electron chi connectivity index (χ2n) is 14.3. The molecule has 9 heteroatoms. The lowest BCUT2D eigenvalue weighted by Crippen LogP contribution is -2.26. The van der Waals surface area contributed by atoms with Crippen molar-refractivity contribution in [2.24, 2.45) is 47.3 Å². The number of likely N-dealkylation sites (tertiary alicyclic amines) is 4. The molecule has 8 fully saturated rings. The summed E-state index contributed by atoms with van der Waals surface area (Å²) in [5, 5.41) is 2.88. The number of alkyl halides is 2. The van der Waals surface area contributed by atoms with Crippen LogP contribution in [0.1, 0.15) is 39.5 Å². The van der Waals surface area contributed by atoms with E-state index in [4.69, 9.17) is 4.74 Å². The van der Waals surface area contributed by atoms with Crippen LogP contribution in [-0.2, 0) is 9.53 Å². The van der Waals surface area contributed by atoms with Crippen LogP contribution in [0.5, 0.6) is 0 Å². The molecule has 40 heavy (non-hydrogen) atoms. The highest BCUT2D eigenvalue weighted by atomic mass is 19.3. The van der Waals surface area contributed by atoms with E-state index in [0.717, 1.165) is 69.6 Å². The molecular weight excluding hydrogens is 512 g/mol. The molecule has 0 spiro atoms. The lowest BCUT2D eigenvalue weighted by Gasteiger charge is -2.13. The van der Waals surface area contributed by atoms with Gasteiger partial charge in [0.25, 0.3) is 0 Å². The third-order valence-electron chi connectivity index (χ3n) is 10.7. The number of hydrogen-bond donors (Lipinski definition) is 1. The van der Waals surface area contributed by atoms with Gasteiger partial charge in [-0.2, -0.15) is 0 Å². The predicted molar refractivity (Wildman–Crippen MR) is 156 cm³/mol. The molecule has 0 aromatic carbocycles. The molecule has 1 N–H and O–H groups in total. The zero-order chi connectivity index (χ0) is 27.7. The molecule has 8 atom stereocenters. The minimum atomic E-state index is -2.35. The first kappa shape index (κ1) is 32.1. The summed E-state index contributed by atoms with van der Waals surface area (Å²) in [5.74, 6) is 3.22. The monoisotopic (exact) mass is 569 g/mol. The Bertz CT molecular complexity index is 766. The summed E-state index contributed by atoms with van der Waals surface area (Å²) in [6.07, 6.45) is 4.78. The van der Waals surface area contributed by atoms with Gasteiger partial charge < -0.3 is 29.7 Å². The lowest BCUT2D eigenvalue weighted by atomic mass is 10.0. The van der Waals surface area contributed by atoms with Gasteiger partial charge in [0, 0.05) is 89.5 Å². The van der Waals surface area contributed by atoms with Crippen LogP contribution in [0.2, 0.25) is 0 Å². The van der Waals surface area contributed by atoms with Gasteiger partial charge in [0.15, 0.2) is 0 Å². The van der Waals surface area contributed by atoms with Gasteiger partial charge in [-0.15, -0.1) is 0 Å². The van der Waals surface area contributed by atoms with E-state index in [1.165, 1.54) is 45.4 Å². The first-order valence-electron chi connectivity index (χ1n) is 15.5. The number of carbonyl (C=O) groups excluding carboxylic acids is 1. The number of carbonyl (C=O) groups is 1. The third-order valence-corrected chi connectivity index (χ3v) is 10.7. The first-order valence-corrected chi connectivity index (χ1v) is 15.5. The molecule has 2 aliphatic carbocycles. The highest BCUT2D eigenvalue weighted by Gasteiger charge is 2.49. The van der Waals surface area contributed by atoms with Gasteiger partial charge in [-0.05, 0) is 64.7 Å². The summed E-state index contributed by atoms with van der Waals surface area (Å²) in [6.45, 7) is 12.0. The van der Waals surface area contributed by atoms with Crippen LogP contribution >= 0.6 is 0 Å². The Hall–Kier alpha value is -0.870. The van der Waals surface area contributed by atoms with Crippen LogP contribution < -0.4 is 5.32 Å². The second-order valence-corrected chi connectivity index (χ2v) is 14.3. The lowest BCUT2D eigenvalue weighted by molar-refractivity contribution is -0.122. The summed E-state index contributed by atoms with van der Waals surface area (Å²) in [4.78, 5) is 20.3. The van der Waals surface area contributed by atoms with Crippen LogP contribution in [0.15, 0.2) is 0 Å². The summed E-state index contributed by atoms with van der Waals surface area (Å²) in [7, 11) is 8.53. The number of nitrogens with zero attached hydrogens (tertiary/aromatic N) is 4. The Balaban J connectivity index is 0.000000123. The molecule has 4 unspecified atom stereocenters. The van der Waals surface area contributed by atoms with Gasteiger partial charge >= 0.3 is 0 Å². The number of rotatable bonds is 0. The van der Waals surface area contributed by atoms with Crippen LogP contribution in [0.3, 0.4) is 0 Å². The van der Waals surface area contributed by atoms with Crippen LogP contribution in [0.4, 0.5) is 8.78 Å². The summed E-state index contributed by atoms with van der Waals surface area (Å²) in [5.41, 5.74) is 0. The number of nitrogens with one attached hydrogen (secondary N) is 1. The number of ether oxygens (including phenoxy) is 1. The molecule has 6 heterocycles. The SMILES string of the molecule is C.CN1CC2CCCC2C1.CN1CC2CNC(=O)C2C1.CN1C[C@@H]2CC(F)(F)C[C@@H]2C1.CN1C[C@H]2COC[C@H]2C1. The van der Waals surface area contributed by atoms with Gasteiger partial charge in [-0.1, -0.05) is 13.8 Å². The number of amides is 1. The Morgan fingerprint density at radius 1 is 0.675 bits per heavy atom. The molecule has 232 valence electrons. The maximum Gasteiger partial charge on any atom is 0.248 e. The smallest absolute Gasteiger partial charge is 0.248 e. The minimum Gasteiger partial charge on any atom is -0.381 e. The van der Waals surface area contributed by atoms with E-state index in [9.17, 15) is 13.6 Å². The van der Waals surface area contributed by atoms with Gasteiger partial charge in [-0.3, -0.25) is 4.79 Å². The predicted octanol–water partition coefficient (Wildman–Crippen LogP) is 3.07. The van der Waals surface area contributed by atoms with Crippen molar-refractivity contribution in [3.05, 3.63) is 0 Å². The summed E-state index contributed by atoms with van der Waals surface area (Å²) in [6, 6.07) is 0. The van der Waals surface area contributed by atoms with Gasteiger partial charge in [0.1, 0.15) is 0 Å². The Kier molecular flexibility index (Phi) is 10.9. The normalized spacial score (nSPS) is 41.4. The maximum absolute atomic E-state index is 12.8. The van der Waals surface area contributed by atoms with Crippen molar-refractivity contribution in [3.8, 4) is 0 Å². The molecule has 7 nitrogen and oxygen atoms in total. The van der Waals surface area contributed by atoms with Gasteiger partial charge in [-0.25, -0.2) is 8.78 Å². The van der Waals surface area contributed by atoms with E-state index >= 15 is 0 Å². The van der Waals surface area contributed by atoms with Crippen LogP contribution in [0.25, 0.3) is 0 Å². The van der Waals surface area contributed by atoms with E-state index in [2.05, 4.69) is 46.1 Å². The minimum absolute atomic E-state index is 0. The zero-order valence-electron chi connectivity index (χ0n) is 24.8. The fraction of sp³-hybridized carbons (Fsp3) is 0.968. The average Bonchev–Trinajstić information content (AvgIpc) is 3.66. The fourth-order valence-corrected chi connectivity index (χ4v) is 8.83. The van der Waals surface area contributed by atoms with Crippen LogP contribution in [-0.4, -0.2) is 132 Å². The topological polar surface area (TPSA) is 51.3 Å². The highest BCUT2D eigenvalue weighted by molar-refractivity contribution is 5.81. The van der Waals surface area contributed by atoms with E-state index in [0.29, 0.717) is 11.8 Å². The molecule has 1 amide bonds. The Morgan fingerprint density at radius 2 is 1.10 bits per heavy atom. The number of hydrogen-bond acceptors (Lipinski definition) is 6. The van der Waals surface area contributed by atoms with Crippen molar-refractivity contribution in [2.45, 2.75) is 45.5 Å². The van der Waals surface area contributed by atoms with Crippen molar-refractivity contribution in [3.63, 3.8) is 0 Å². The van der Waals surface area contributed by atoms with E-state index in [-0.39, 0.29) is 38.0 Å². The molecule has 2 saturated carbocycles. The average molecular weight is 570 g/mol. The van der Waals surface area contributed by atoms with Crippen molar-refractivity contribution < 1.29 is 18.3 Å². The maximum atomic E-state index is 12.8. The highest BCUT2D eigenvalue weighted by Crippen LogP contribution is 2.46. The number of fused-ring (bicyclic) bond motifs is 4. The quantitative estimate of drug-likeness (QED) is 0.484. The molecule has 0 bridgehead atoms. The molecule has 0 radical (unpaired) electrons. The molecule has 6 saturated heterocycles. The van der Waals surface area contributed by atoms with Crippen molar-refractivity contribution in [1.82, 2.24) is 24.9 Å². The molecule has 0 aromatic heterocycles. The Morgan fingerprint density at radius 3 is 1.60 bits per heavy atom. The van der Waals surface area contributed by atoms with E-state index in [1.54, 1.807) is 0 Å². The molecule has 6 aliphatic heterocycles. The molecule has 0 aromatic rings. The van der Waals surface area contributed by atoms with Crippen molar-refractivity contribution in [1.29, 1.82) is 0 Å². The Labute approximate surface area is 242 Å². The molecule has 8 aliphatic rings. The zero-order valence-corrected chi connectivity index (χ0v) is 24.8. The second kappa shape index (κ2) is 13.6. The van der Waals surface area contributed by atoms with Crippen molar-refractivity contribution in [2.75, 3.05) is 100 Å². The summed E-state index contributed by atoms with van der Waals surface area (Å²) < 4.78 is 30.9.